The molecule has 0 aliphatic carbocycles. The molecule has 0 unspecified atom stereocenters. The molecular formula is C25H24BrClN2O3S. The summed E-state index contributed by atoms with van der Waals surface area (Å²) in [4.78, 5) is 13.1. The van der Waals surface area contributed by atoms with Gasteiger partial charge in [-0.05, 0) is 72.6 Å². The van der Waals surface area contributed by atoms with Gasteiger partial charge in [0.25, 0.3) is 0 Å². The maximum absolute atomic E-state index is 12.0. The fourth-order valence-corrected chi connectivity index (χ4v) is 4.00. The smallest absolute Gasteiger partial charge is 0.240 e. The van der Waals surface area contributed by atoms with Crippen LogP contribution in [0.5, 0.6) is 11.5 Å². The fourth-order valence-electron chi connectivity index (χ4n) is 2.76. The van der Waals surface area contributed by atoms with Crippen molar-refractivity contribution in [2.45, 2.75) is 24.8 Å². The van der Waals surface area contributed by atoms with Crippen molar-refractivity contribution in [2.75, 3.05) is 12.4 Å². The molecule has 0 bridgehead atoms. The summed E-state index contributed by atoms with van der Waals surface area (Å²) in [6, 6.07) is 21.1. The molecular weight excluding hydrogens is 524 g/mol. The van der Waals surface area contributed by atoms with E-state index in [9.17, 15) is 4.79 Å². The number of benzene rings is 3. The number of carbonyl (C=O) groups excluding carboxylic acids is 1. The highest BCUT2D eigenvalue weighted by Crippen LogP contribution is 2.29. The monoisotopic (exact) mass is 546 g/mol. The van der Waals surface area contributed by atoms with Crippen molar-refractivity contribution in [1.29, 1.82) is 0 Å². The summed E-state index contributed by atoms with van der Waals surface area (Å²) in [7, 11) is 0. The van der Waals surface area contributed by atoms with Crippen molar-refractivity contribution < 1.29 is 14.3 Å². The maximum Gasteiger partial charge on any atom is 0.240 e. The first-order valence-corrected chi connectivity index (χ1v) is 12.5. The second-order valence-electron chi connectivity index (χ2n) is 6.90. The van der Waals surface area contributed by atoms with Crippen LogP contribution in [0.2, 0.25) is 5.02 Å². The molecule has 1 N–H and O–H groups in total. The van der Waals surface area contributed by atoms with E-state index in [1.807, 2.05) is 73.7 Å². The van der Waals surface area contributed by atoms with Crippen molar-refractivity contribution in [3.8, 4) is 11.5 Å². The van der Waals surface area contributed by atoms with Gasteiger partial charge in [-0.2, -0.15) is 5.10 Å². The van der Waals surface area contributed by atoms with E-state index in [2.05, 4.69) is 26.5 Å². The molecule has 0 aromatic heterocycles. The quantitative estimate of drug-likeness (QED) is 0.165. The minimum absolute atomic E-state index is 0.146. The van der Waals surface area contributed by atoms with E-state index in [-0.39, 0.29) is 5.91 Å². The Morgan fingerprint density at radius 3 is 2.55 bits per heavy atom. The van der Waals surface area contributed by atoms with E-state index < -0.39 is 0 Å². The highest BCUT2D eigenvalue weighted by molar-refractivity contribution is 9.10. The minimum Gasteiger partial charge on any atom is -0.490 e. The summed E-state index contributed by atoms with van der Waals surface area (Å²) < 4.78 is 12.7. The van der Waals surface area contributed by atoms with Gasteiger partial charge in [-0.3, -0.25) is 4.79 Å². The second kappa shape index (κ2) is 13.3. The highest BCUT2D eigenvalue weighted by atomic mass is 79.9. The van der Waals surface area contributed by atoms with Gasteiger partial charge >= 0.3 is 0 Å². The zero-order chi connectivity index (χ0) is 23.5. The molecule has 5 nitrogen and oxygen atoms in total. The van der Waals surface area contributed by atoms with E-state index in [0.29, 0.717) is 41.9 Å². The number of nitrogens with one attached hydrogen (secondary N) is 1. The molecule has 0 saturated carbocycles. The lowest BCUT2D eigenvalue weighted by Gasteiger charge is -2.12. The van der Waals surface area contributed by atoms with E-state index >= 15 is 0 Å². The van der Waals surface area contributed by atoms with Gasteiger partial charge in [0.1, 0.15) is 6.61 Å². The van der Waals surface area contributed by atoms with Crippen molar-refractivity contribution in [3.05, 3.63) is 87.4 Å². The summed E-state index contributed by atoms with van der Waals surface area (Å²) in [5.74, 6) is 1.79. The third-order valence-electron chi connectivity index (χ3n) is 4.39. The normalized spacial score (nSPS) is 10.9. The summed E-state index contributed by atoms with van der Waals surface area (Å²) in [5.41, 5.74) is 4.42. The lowest BCUT2D eigenvalue weighted by molar-refractivity contribution is -0.120. The SMILES string of the molecule is CCOc1cc(C=NNC(=O)CCSc2ccc(Cl)cc2)ccc1OCc1ccc(Br)cc1. The third kappa shape index (κ3) is 8.76. The molecule has 0 fully saturated rings. The zero-order valence-electron chi connectivity index (χ0n) is 18.1. The number of amides is 1. The second-order valence-corrected chi connectivity index (χ2v) is 9.42. The first-order valence-electron chi connectivity index (χ1n) is 10.4. The molecule has 3 rings (SSSR count). The molecule has 0 saturated heterocycles. The van der Waals surface area contributed by atoms with E-state index in [1.54, 1.807) is 18.0 Å². The van der Waals surface area contributed by atoms with Crippen LogP contribution in [0.15, 0.2) is 81.2 Å². The van der Waals surface area contributed by atoms with Crippen LogP contribution in [-0.4, -0.2) is 24.5 Å². The van der Waals surface area contributed by atoms with Gasteiger partial charge in [0.15, 0.2) is 11.5 Å². The van der Waals surface area contributed by atoms with Crippen molar-refractivity contribution in [1.82, 2.24) is 5.43 Å². The van der Waals surface area contributed by atoms with Gasteiger partial charge in [-0.25, -0.2) is 5.43 Å². The first-order chi connectivity index (χ1) is 16.0. The molecule has 33 heavy (non-hydrogen) atoms. The molecule has 3 aromatic rings. The highest BCUT2D eigenvalue weighted by Gasteiger charge is 2.07. The number of hydrazone groups is 1. The standard InChI is InChI=1S/C25H24BrClN2O3S/c1-2-31-24-15-19(5-12-23(24)32-17-18-3-6-20(26)7-4-18)16-28-29-25(30)13-14-33-22-10-8-21(27)9-11-22/h3-12,15-16H,2,13-14,17H2,1H3,(H,29,30). The summed E-state index contributed by atoms with van der Waals surface area (Å²) in [6.07, 6.45) is 1.95. The van der Waals surface area contributed by atoms with Crippen LogP contribution >= 0.6 is 39.3 Å². The van der Waals surface area contributed by atoms with Crippen molar-refractivity contribution in [2.24, 2.45) is 5.10 Å². The van der Waals surface area contributed by atoms with Gasteiger partial charge in [-0.1, -0.05) is 39.7 Å². The van der Waals surface area contributed by atoms with Crippen LogP contribution in [0.25, 0.3) is 0 Å². The van der Waals surface area contributed by atoms with Crippen LogP contribution in [0.4, 0.5) is 0 Å². The topological polar surface area (TPSA) is 59.9 Å². The molecule has 8 heteroatoms. The van der Waals surface area contributed by atoms with Crippen molar-refractivity contribution >= 4 is 51.4 Å². The molecule has 0 heterocycles. The molecule has 0 aliphatic heterocycles. The lowest BCUT2D eigenvalue weighted by atomic mass is 10.2. The number of halogens is 2. The Balaban J connectivity index is 1.49. The third-order valence-corrected chi connectivity index (χ3v) is 6.18. The number of hydrogen-bond acceptors (Lipinski definition) is 5. The molecule has 0 aliphatic rings. The first kappa shape index (κ1) is 25.1. The number of rotatable bonds is 11. The van der Waals surface area contributed by atoms with Crippen LogP contribution in [-0.2, 0) is 11.4 Å². The van der Waals surface area contributed by atoms with E-state index in [1.165, 1.54) is 0 Å². The Morgan fingerprint density at radius 1 is 1.06 bits per heavy atom. The Hall–Kier alpha value is -2.48. The van der Waals surface area contributed by atoms with Crippen molar-refractivity contribution in [3.63, 3.8) is 0 Å². The predicted octanol–water partition coefficient (Wildman–Crippen LogP) is 6.71. The molecule has 0 spiro atoms. The molecule has 172 valence electrons. The number of carbonyl (C=O) groups is 1. The lowest BCUT2D eigenvalue weighted by Crippen LogP contribution is -2.17. The van der Waals surface area contributed by atoms with Gasteiger partial charge in [0.2, 0.25) is 5.91 Å². The Morgan fingerprint density at radius 2 is 1.82 bits per heavy atom. The minimum atomic E-state index is -0.146. The summed E-state index contributed by atoms with van der Waals surface area (Å²) in [5, 5.41) is 4.76. The van der Waals surface area contributed by atoms with Crippen LogP contribution < -0.4 is 14.9 Å². The van der Waals surface area contributed by atoms with Gasteiger partial charge in [0.05, 0.1) is 12.8 Å². The van der Waals surface area contributed by atoms with E-state index in [0.717, 1.165) is 20.5 Å². The number of thioether (sulfide) groups is 1. The summed E-state index contributed by atoms with van der Waals surface area (Å²) in [6.45, 7) is 2.86. The number of hydrogen-bond donors (Lipinski definition) is 1. The summed E-state index contributed by atoms with van der Waals surface area (Å²) >= 11 is 10.9. The largest absolute Gasteiger partial charge is 0.490 e. The zero-order valence-corrected chi connectivity index (χ0v) is 21.3. The van der Waals surface area contributed by atoms with Gasteiger partial charge < -0.3 is 9.47 Å². The number of ether oxygens (including phenoxy) is 2. The van der Waals surface area contributed by atoms with Crippen LogP contribution in [0.3, 0.4) is 0 Å². The Bertz CT molecular complexity index is 1080. The Labute approximate surface area is 211 Å². The average molecular weight is 548 g/mol. The predicted molar refractivity (Wildman–Crippen MR) is 139 cm³/mol. The maximum atomic E-state index is 12.0. The molecule has 0 atom stereocenters. The van der Waals surface area contributed by atoms with Crippen LogP contribution in [0, 0.1) is 0 Å². The van der Waals surface area contributed by atoms with Crippen LogP contribution in [0.1, 0.15) is 24.5 Å². The van der Waals surface area contributed by atoms with Gasteiger partial charge in [-0.15, -0.1) is 11.8 Å². The van der Waals surface area contributed by atoms with E-state index in [4.69, 9.17) is 21.1 Å². The Kier molecular flexibility index (Phi) is 10.1. The van der Waals surface area contributed by atoms with Gasteiger partial charge in [0, 0.05) is 26.6 Å². The number of nitrogens with zero attached hydrogens (tertiary/aromatic N) is 1. The average Bonchev–Trinajstić information content (AvgIpc) is 2.81. The molecule has 1 amide bonds. The fraction of sp³-hybridized carbons (Fsp3) is 0.200. The molecule has 0 radical (unpaired) electrons. The molecule has 3 aromatic carbocycles.